The van der Waals surface area contributed by atoms with Crippen LogP contribution in [0.2, 0.25) is 5.02 Å². The number of fused-ring (bicyclic) bond motifs is 3. The Hall–Kier alpha value is -1.93. The lowest BCUT2D eigenvalue weighted by molar-refractivity contribution is 0.0184. The van der Waals surface area contributed by atoms with Crippen molar-refractivity contribution in [2.24, 2.45) is 0 Å². The summed E-state index contributed by atoms with van der Waals surface area (Å²) in [6.07, 6.45) is 0.544. The topological polar surface area (TPSA) is 81.2 Å². The Kier molecular flexibility index (Phi) is 4.95. The normalized spacial score (nSPS) is 18.0. The van der Waals surface area contributed by atoms with Crippen LogP contribution in [0.25, 0.3) is 21.8 Å². The Morgan fingerprint density at radius 2 is 2.35 bits per heavy atom. The summed E-state index contributed by atoms with van der Waals surface area (Å²) >= 11 is 6.21. The van der Waals surface area contributed by atoms with E-state index >= 15 is 0 Å². The minimum atomic E-state index is -0.0659. The lowest BCUT2D eigenvalue weighted by Crippen LogP contribution is -2.42. The van der Waals surface area contributed by atoms with E-state index in [1.165, 1.54) is 0 Å². The maximum Gasteiger partial charge on any atom is 0.262 e. The number of benzene rings is 1. The lowest BCUT2D eigenvalue weighted by Gasteiger charge is -2.25. The van der Waals surface area contributed by atoms with Crippen molar-refractivity contribution in [3.63, 3.8) is 0 Å². The second-order valence-electron chi connectivity index (χ2n) is 6.44. The summed E-state index contributed by atoms with van der Waals surface area (Å²) in [7, 11) is 1.64. The fourth-order valence-corrected chi connectivity index (χ4v) is 3.66. The number of hydrogen-bond donors (Lipinski definition) is 2. The number of hydrogen-bond acceptors (Lipinski definition) is 5. The van der Waals surface area contributed by atoms with E-state index in [0.717, 1.165) is 29.7 Å². The number of H-pyrrole nitrogens is 1. The summed E-state index contributed by atoms with van der Waals surface area (Å²) in [6.45, 7) is 3.20. The van der Waals surface area contributed by atoms with Gasteiger partial charge in [0.05, 0.1) is 42.5 Å². The van der Waals surface area contributed by atoms with E-state index in [1.54, 1.807) is 17.7 Å². The number of rotatable bonds is 5. The van der Waals surface area contributed by atoms with Gasteiger partial charge >= 0.3 is 0 Å². The minimum Gasteiger partial charge on any atom is -0.384 e. The number of aromatic nitrogens is 3. The molecule has 26 heavy (non-hydrogen) atoms. The highest BCUT2D eigenvalue weighted by Gasteiger charge is 2.21. The smallest absolute Gasteiger partial charge is 0.262 e. The minimum absolute atomic E-state index is 0.0490. The van der Waals surface area contributed by atoms with Crippen molar-refractivity contribution in [2.45, 2.75) is 19.1 Å². The first-order valence-corrected chi connectivity index (χ1v) is 9.07. The van der Waals surface area contributed by atoms with E-state index in [4.69, 9.17) is 21.1 Å². The van der Waals surface area contributed by atoms with Crippen molar-refractivity contribution in [2.75, 3.05) is 33.4 Å². The van der Waals surface area contributed by atoms with Crippen LogP contribution < -0.4 is 10.9 Å². The summed E-state index contributed by atoms with van der Waals surface area (Å²) in [5, 5.41) is 12.8. The van der Waals surface area contributed by atoms with Crippen LogP contribution in [0.5, 0.6) is 0 Å². The third-order valence-corrected chi connectivity index (χ3v) is 4.99. The molecule has 0 aliphatic carbocycles. The molecule has 1 aromatic carbocycles. The third kappa shape index (κ3) is 3.12. The van der Waals surface area contributed by atoms with Gasteiger partial charge in [-0.3, -0.25) is 9.89 Å². The molecular formula is C18H21ClN4O3. The number of halogens is 1. The quantitative estimate of drug-likeness (QED) is 0.708. The summed E-state index contributed by atoms with van der Waals surface area (Å²) in [6, 6.07) is 5.53. The van der Waals surface area contributed by atoms with Gasteiger partial charge in [0.2, 0.25) is 0 Å². The fraction of sp³-hybridized carbons (Fsp3) is 0.444. The Morgan fingerprint density at radius 3 is 3.12 bits per heavy atom. The van der Waals surface area contributed by atoms with Gasteiger partial charge in [-0.1, -0.05) is 11.6 Å². The summed E-state index contributed by atoms with van der Waals surface area (Å²) in [4.78, 5) is 13.3. The molecule has 3 heterocycles. The number of nitrogens with one attached hydrogen (secondary N) is 2. The molecule has 1 aliphatic heterocycles. The summed E-state index contributed by atoms with van der Waals surface area (Å²) in [5.74, 6) is 0. The molecule has 0 amide bonds. The highest BCUT2D eigenvalue weighted by Crippen LogP contribution is 2.26. The Morgan fingerprint density at radius 1 is 1.46 bits per heavy atom. The largest absolute Gasteiger partial charge is 0.384 e. The van der Waals surface area contributed by atoms with Crippen LogP contribution in [0.4, 0.5) is 0 Å². The first kappa shape index (κ1) is 17.5. The average molecular weight is 377 g/mol. The number of ether oxygens (including phenoxy) is 2. The molecule has 138 valence electrons. The van der Waals surface area contributed by atoms with E-state index in [2.05, 4.69) is 15.5 Å². The highest BCUT2D eigenvalue weighted by molar-refractivity contribution is 6.31. The van der Waals surface area contributed by atoms with Crippen LogP contribution in [0.15, 0.2) is 23.0 Å². The molecule has 0 radical (unpaired) electrons. The van der Waals surface area contributed by atoms with Crippen molar-refractivity contribution < 1.29 is 9.47 Å². The zero-order valence-electron chi connectivity index (χ0n) is 14.5. The molecule has 7 nitrogen and oxygen atoms in total. The molecule has 1 aliphatic rings. The van der Waals surface area contributed by atoms with E-state index in [0.29, 0.717) is 42.1 Å². The van der Waals surface area contributed by atoms with Gasteiger partial charge in [-0.2, -0.15) is 5.10 Å². The molecule has 1 atom stereocenters. The molecule has 4 rings (SSSR count). The van der Waals surface area contributed by atoms with Crippen molar-refractivity contribution in [3.05, 3.63) is 39.3 Å². The van der Waals surface area contributed by atoms with Crippen LogP contribution in [0.1, 0.15) is 5.69 Å². The molecule has 1 saturated heterocycles. The highest BCUT2D eigenvalue weighted by atomic mass is 35.5. The van der Waals surface area contributed by atoms with Gasteiger partial charge in [0.1, 0.15) is 5.52 Å². The second kappa shape index (κ2) is 7.36. The van der Waals surface area contributed by atoms with Gasteiger partial charge in [0, 0.05) is 37.0 Å². The molecule has 0 saturated carbocycles. The first-order valence-electron chi connectivity index (χ1n) is 8.69. The predicted octanol–water partition coefficient (Wildman–Crippen LogP) is 1.71. The van der Waals surface area contributed by atoms with Crippen molar-refractivity contribution in [1.82, 2.24) is 20.1 Å². The van der Waals surface area contributed by atoms with E-state index in [-0.39, 0.29) is 11.7 Å². The number of morpholine rings is 1. The van der Waals surface area contributed by atoms with Gasteiger partial charge in [0.15, 0.2) is 0 Å². The Bertz CT molecular complexity index is 991. The molecule has 2 N–H and O–H groups in total. The standard InChI is InChI=1S/C18H21ClN4O3/c1-25-6-4-14-16-17(22-21-14)13-8-11(19)2-3-15(13)23(18(16)24)10-12-9-20-5-7-26-12/h2-3,8,12,20H,4-7,9-10H2,1H3,(H,21,22). The van der Waals surface area contributed by atoms with Crippen molar-refractivity contribution in [3.8, 4) is 0 Å². The molecule has 0 spiro atoms. The van der Waals surface area contributed by atoms with Gasteiger partial charge in [0.25, 0.3) is 5.56 Å². The van der Waals surface area contributed by atoms with Crippen LogP contribution in [-0.4, -0.2) is 54.3 Å². The maximum absolute atomic E-state index is 13.3. The first-order chi connectivity index (χ1) is 12.7. The molecule has 2 aromatic heterocycles. The zero-order valence-corrected chi connectivity index (χ0v) is 15.3. The van der Waals surface area contributed by atoms with Crippen molar-refractivity contribution in [1.29, 1.82) is 0 Å². The van der Waals surface area contributed by atoms with Crippen LogP contribution in [0.3, 0.4) is 0 Å². The molecular weight excluding hydrogens is 356 g/mol. The van der Waals surface area contributed by atoms with Gasteiger partial charge < -0.3 is 19.4 Å². The van der Waals surface area contributed by atoms with Crippen LogP contribution >= 0.6 is 11.6 Å². The lowest BCUT2D eigenvalue weighted by atomic mass is 10.1. The number of aromatic amines is 1. The SMILES string of the molecule is COCCc1[nH]nc2c1c(=O)n(CC1CNCCO1)c1ccc(Cl)cc21. The maximum atomic E-state index is 13.3. The molecule has 3 aromatic rings. The van der Waals surface area contributed by atoms with Crippen LogP contribution in [-0.2, 0) is 22.4 Å². The third-order valence-electron chi connectivity index (χ3n) is 4.75. The second-order valence-corrected chi connectivity index (χ2v) is 6.88. The Labute approximate surface area is 155 Å². The van der Waals surface area contributed by atoms with Crippen molar-refractivity contribution >= 4 is 33.4 Å². The monoisotopic (exact) mass is 376 g/mol. The zero-order chi connectivity index (χ0) is 18.1. The molecule has 8 heteroatoms. The number of pyridine rings is 1. The average Bonchev–Trinajstić information content (AvgIpc) is 3.08. The van der Waals surface area contributed by atoms with E-state index in [9.17, 15) is 4.79 Å². The van der Waals surface area contributed by atoms with E-state index in [1.807, 2.05) is 12.1 Å². The fourth-order valence-electron chi connectivity index (χ4n) is 3.49. The van der Waals surface area contributed by atoms with Gasteiger partial charge in [-0.15, -0.1) is 0 Å². The van der Waals surface area contributed by atoms with Crippen LogP contribution in [0, 0.1) is 0 Å². The molecule has 0 bridgehead atoms. The van der Waals surface area contributed by atoms with Gasteiger partial charge in [-0.05, 0) is 18.2 Å². The van der Waals surface area contributed by atoms with E-state index < -0.39 is 0 Å². The predicted molar refractivity (Wildman–Crippen MR) is 101 cm³/mol. The number of nitrogens with zero attached hydrogens (tertiary/aromatic N) is 2. The summed E-state index contributed by atoms with van der Waals surface area (Å²) in [5.41, 5.74) is 2.18. The molecule has 1 unspecified atom stereocenters. The number of methoxy groups -OCH3 is 1. The van der Waals surface area contributed by atoms with Gasteiger partial charge in [-0.25, -0.2) is 0 Å². The Balaban J connectivity index is 1.91. The molecule has 1 fully saturated rings. The summed E-state index contributed by atoms with van der Waals surface area (Å²) < 4.78 is 12.7.